The van der Waals surface area contributed by atoms with Crippen molar-refractivity contribution in [3.05, 3.63) is 114 Å². The monoisotopic (exact) mass is 405 g/mol. The smallest absolute Gasteiger partial charge is 0.340 e. The molecule has 0 aliphatic carbocycles. The van der Waals surface area contributed by atoms with E-state index in [0.29, 0.717) is 33.6 Å². The zero-order chi connectivity index (χ0) is 21.4. The van der Waals surface area contributed by atoms with Gasteiger partial charge in [0.15, 0.2) is 0 Å². The molecule has 0 fully saturated rings. The zero-order valence-electron chi connectivity index (χ0n) is 16.9. The number of esters is 1. The van der Waals surface area contributed by atoms with Gasteiger partial charge in [0, 0.05) is 16.8 Å². The maximum atomic E-state index is 13.5. The van der Waals surface area contributed by atoms with Crippen molar-refractivity contribution in [2.24, 2.45) is 0 Å². The van der Waals surface area contributed by atoms with Crippen LogP contribution in [0, 0.1) is 0 Å². The van der Waals surface area contributed by atoms with Crippen molar-refractivity contribution in [1.82, 2.24) is 0 Å². The topological polar surface area (TPSA) is 46.6 Å². The summed E-state index contributed by atoms with van der Waals surface area (Å²) in [5.41, 5.74) is 3.56. The van der Waals surface area contributed by atoms with Crippen molar-refractivity contribution in [3.63, 3.8) is 0 Å². The van der Waals surface area contributed by atoms with Gasteiger partial charge in [0.05, 0.1) is 18.4 Å². The van der Waals surface area contributed by atoms with Crippen molar-refractivity contribution >= 4 is 39.6 Å². The van der Waals surface area contributed by atoms with Gasteiger partial charge in [0.25, 0.3) is 5.91 Å². The second-order valence-corrected chi connectivity index (χ2v) is 7.30. The number of hydrogen-bond acceptors (Lipinski definition) is 3. The van der Waals surface area contributed by atoms with Gasteiger partial charge in [-0.1, -0.05) is 78.9 Å². The molecule has 0 spiro atoms. The van der Waals surface area contributed by atoms with E-state index in [1.165, 1.54) is 7.11 Å². The first kappa shape index (κ1) is 18.8. The summed E-state index contributed by atoms with van der Waals surface area (Å²) < 4.78 is 5.15. The van der Waals surface area contributed by atoms with Crippen molar-refractivity contribution in [2.45, 2.75) is 0 Å². The first-order valence-corrected chi connectivity index (χ1v) is 9.99. The summed E-state index contributed by atoms with van der Waals surface area (Å²) in [6, 6.07) is 30.5. The van der Waals surface area contributed by atoms with Crippen LogP contribution < -0.4 is 4.90 Å². The lowest BCUT2D eigenvalue weighted by atomic mass is 9.98. The van der Waals surface area contributed by atoms with Crippen molar-refractivity contribution in [3.8, 4) is 0 Å². The summed E-state index contributed by atoms with van der Waals surface area (Å²) in [7, 11) is 1.36. The molecule has 4 heteroatoms. The van der Waals surface area contributed by atoms with Gasteiger partial charge in [-0.25, -0.2) is 4.79 Å². The van der Waals surface area contributed by atoms with Crippen LogP contribution in [-0.2, 0) is 9.53 Å². The van der Waals surface area contributed by atoms with E-state index in [9.17, 15) is 9.59 Å². The largest absolute Gasteiger partial charge is 0.465 e. The SMILES string of the molecule is COC(=O)/C(=C1\c2ccccc2C(=O)N1c1ccc2ccccc2c1)c1ccccc1. The Kier molecular flexibility index (Phi) is 4.60. The number of methoxy groups -OCH3 is 1. The Morgan fingerprint density at radius 3 is 2.13 bits per heavy atom. The zero-order valence-corrected chi connectivity index (χ0v) is 16.9. The summed E-state index contributed by atoms with van der Waals surface area (Å²) in [5, 5.41) is 2.10. The minimum absolute atomic E-state index is 0.168. The fraction of sp³-hybridized carbons (Fsp3) is 0.0370. The van der Waals surface area contributed by atoms with Gasteiger partial charge in [-0.2, -0.15) is 0 Å². The molecule has 4 nitrogen and oxygen atoms in total. The summed E-state index contributed by atoms with van der Waals surface area (Å²) in [6.45, 7) is 0. The number of amides is 1. The third-order valence-electron chi connectivity index (χ3n) is 5.52. The summed E-state index contributed by atoms with van der Waals surface area (Å²) in [6.07, 6.45) is 0. The second kappa shape index (κ2) is 7.58. The van der Waals surface area contributed by atoms with Crippen LogP contribution in [0.3, 0.4) is 0 Å². The average Bonchev–Trinajstić information content (AvgIpc) is 3.12. The van der Waals surface area contributed by atoms with Gasteiger partial charge in [-0.15, -0.1) is 0 Å². The van der Waals surface area contributed by atoms with E-state index >= 15 is 0 Å². The number of benzene rings is 4. The van der Waals surface area contributed by atoms with Crippen molar-refractivity contribution < 1.29 is 14.3 Å². The second-order valence-electron chi connectivity index (χ2n) is 7.30. The lowest BCUT2D eigenvalue weighted by Crippen LogP contribution is -2.24. The minimum Gasteiger partial charge on any atom is -0.465 e. The van der Waals surface area contributed by atoms with Crippen LogP contribution in [0.25, 0.3) is 22.0 Å². The van der Waals surface area contributed by atoms with Gasteiger partial charge < -0.3 is 4.74 Å². The molecule has 4 aromatic carbocycles. The first-order valence-electron chi connectivity index (χ1n) is 9.99. The average molecular weight is 405 g/mol. The lowest BCUT2D eigenvalue weighted by Gasteiger charge is -2.22. The number of carbonyl (C=O) groups is 2. The minimum atomic E-state index is -0.489. The highest BCUT2D eigenvalue weighted by Crippen LogP contribution is 2.42. The Morgan fingerprint density at radius 2 is 1.39 bits per heavy atom. The molecule has 0 radical (unpaired) electrons. The lowest BCUT2D eigenvalue weighted by molar-refractivity contribution is -0.133. The molecule has 0 atom stereocenters. The molecule has 0 saturated carbocycles. The van der Waals surface area contributed by atoms with Crippen LogP contribution in [-0.4, -0.2) is 19.0 Å². The van der Waals surface area contributed by atoms with E-state index in [0.717, 1.165) is 10.8 Å². The van der Waals surface area contributed by atoms with Crippen LogP contribution in [0.1, 0.15) is 21.5 Å². The van der Waals surface area contributed by atoms with Gasteiger partial charge in [0.2, 0.25) is 0 Å². The molecular formula is C27H19NO3. The Morgan fingerprint density at radius 1 is 0.742 bits per heavy atom. The third kappa shape index (κ3) is 3.09. The van der Waals surface area contributed by atoms with Gasteiger partial charge in [-0.3, -0.25) is 9.69 Å². The molecule has 150 valence electrons. The molecule has 1 heterocycles. The van der Waals surface area contributed by atoms with E-state index in [1.54, 1.807) is 11.0 Å². The molecular weight excluding hydrogens is 386 g/mol. The summed E-state index contributed by atoms with van der Waals surface area (Å²) in [4.78, 5) is 28.1. The molecule has 0 aromatic heterocycles. The highest BCUT2D eigenvalue weighted by molar-refractivity contribution is 6.34. The van der Waals surface area contributed by atoms with Crippen molar-refractivity contribution in [1.29, 1.82) is 0 Å². The van der Waals surface area contributed by atoms with Crippen LogP contribution in [0.5, 0.6) is 0 Å². The fourth-order valence-electron chi connectivity index (χ4n) is 4.09. The number of rotatable bonds is 3. The Bertz CT molecular complexity index is 1360. The van der Waals surface area contributed by atoms with E-state index in [2.05, 4.69) is 0 Å². The highest BCUT2D eigenvalue weighted by atomic mass is 16.5. The highest BCUT2D eigenvalue weighted by Gasteiger charge is 2.37. The number of fused-ring (bicyclic) bond motifs is 2. The molecule has 0 N–H and O–H groups in total. The molecule has 0 bridgehead atoms. The van der Waals surface area contributed by atoms with Gasteiger partial charge in [-0.05, 0) is 34.5 Å². The number of hydrogen-bond donors (Lipinski definition) is 0. The predicted octanol–water partition coefficient (Wildman–Crippen LogP) is 5.54. The van der Waals surface area contributed by atoms with Crippen LogP contribution in [0.2, 0.25) is 0 Å². The fourth-order valence-corrected chi connectivity index (χ4v) is 4.09. The Balaban J connectivity index is 1.83. The third-order valence-corrected chi connectivity index (χ3v) is 5.52. The van der Waals surface area contributed by atoms with E-state index in [-0.39, 0.29) is 5.91 Å². The van der Waals surface area contributed by atoms with E-state index < -0.39 is 5.97 Å². The number of nitrogens with zero attached hydrogens (tertiary/aromatic N) is 1. The molecule has 0 saturated heterocycles. The molecule has 31 heavy (non-hydrogen) atoms. The number of ether oxygens (including phenoxy) is 1. The van der Waals surface area contributed by atoms with Crippen LogP contribution in [0.4, 0.5) is 5.69 Å². The molecule has 1 amide bonds. The molecule has 0 unspecified atom stereocenters. The maximum Gasteiger partial charge on any atom is 0.340 e. The number of carbonyl (C=O) groups excluding carboxylic acids is 2. The Hall–Kier alpha value is -4.18. The molecule has 1 aliphatic rings. The quantitative estimate of drug-likeness (QED) is 0.332. The first-order chi connectivity index (χ1) is 15.2. The van der Waals surface area contributed by atoms with Crippen LogP contribution >= 0.6 is 0 Å². The van der Waals surface area contributed by atoms with Crippen LogP contribution in [0.15, 0.2) is 97.1 Å². The normalized spacial score (nSPS) is 14.5. The summed E-state index contributed by atoms with van der Waals surface area (Å²) in [5.74, 6) is -0.658. The van der Waals surface area contributed by atoms with Gasteiger partial charge in [0.1, 0.15) is 0 Å². The predicted molar refractivity (Wildman–Crippen MR) is 122 cm³/mol. The maximum absolute atomic E-state index is 13.5. The molecule has 1 aliphatic heterocycles. The van der Waals surface area contributed by atoms with Crippen molar-refractivity contribution in [2.75, 3.05) is 12.0 Å². The van der Waals surface area contributed by atoms with E-state index in [1.807, 2.05) is 91.0 Å². The Labute approximate surface area is 180 Å². The van der Waals surface area contributed by atoms with E-state index in [4.69, 9.17) is 4.74 Å². The summed E-state index contributed by atoms with van der Waals surface area (Å²) >= 11 is 0. The molecule has 5 rings (SSSR count). The molecule has 4 aromatic rings. The number of anilines is 1. The standard InChI is InChI=1S/C27H19NO3/c1-31-27(30)24(19-10-3-2-4-11-19)25-22-13-7-8-14-23(22)26(29)28(25)21-16-15-18-9-5-6-12-20(18)17-21/h2-17H,1H3/b25-24+. The van der Waals surface area contributed by atoms with Gasteiger partial charge >= 0.3 is 5.97 Å².